The summed E-state index contributed by atoms with van der Waals surface area (Å²) in [5, 5.41) is 6.42. The number of carbonyl (C=O) groups excluding carboxylic acids is 1. The zero-order valence-electron chi connectivity index (χ0n) is 18.8. The van der Waals surface area contributed by atoms with Crippen LogP contribution in [0.4, 0.5) is 23.1 Å². The molecule has 2 N–H and O–H groups in total. The predicted molar refractivity (Wildman–Crippen MR) is 131 cm³/mol. The number of nitrogens with zero attached hydrogens (tertiary/aromatic N) is 3. The summed E-state index contributed by atoms with van der Waals surface area (Å²) in [6.07, 6.45) is 4.41. The van der Waals surface area contributed by atoms with Crippen LogP contribution < -0.4 is 15.5 Å². The van der Waals surface area contributed by atoms with Crippen LogP contribution in [-0.2, 0) is 4.79 Å². The average molecular weight is 430 g/mol. The Hall–Kier alpha value is -3.41. The molecule has 166 valence electrons. The first-order chi connectivity index (χ1) is 15.6. The highest BCUT2D eigenvalue weighted by molar-refractivity contribution is 5.96. The van der Waals surface area contributed by atoms with Crippen molar-refractivity contribution in [1.82, 2.24) is 9.97 Å². The molecule has 0 radical (unpaired) electrons. The zero-order valence-corrected chi connectivity index (χ0v) is 18.8. The van der Waals surface area contributed by atoms with E-state index in [1.54, 1.807) is 0 Å². The van der Waals surface area contributed by atoms with Crippen molar-refractivity contribution in [3.8, 4) is 0 Å². The van der Waals surface area contributed by atoms with Gasteiger partial charge in [-0.1, -0.05) is 37.3 Å². The minimum Gasteiger partial charge on any atom is -0.341 e. The first-order valence-corrected chi connectivity index (χ1v) is 11.5. The molecule has 1 saturated heterocycles. The third kappa shape index (κ3) is 5.44. The second-order valence-corrected chi connectivity index (χ2v) is 8.31. The molecule has 1 unspecified atom stereocenters. The summed E-state index contributed by atoms with van der Waals surface area (Å²) in [6.45, 7) is 6.06. The lowest BCUT2D eigenvalue weighted by molar-refractivity contribution is -0.117. The molecule has 32 heavy (non-hydrogen) atoms. The lowest BCUT2D eigenvalue weighted by atomic mass is 9.95. The second kappa shape index (κ2) is 10.3. The average Bonchev–Trinajstić information content (AvgIpc) is 2.82. The van der Waals surface area contributed by atoms with Crippen molar-refractivity contribution >= 4 is 29.0 Å². The van der Waals surface area contributed by atoms with Crippen molar-refractivity contribution in [3.05, 3.63) is 71.9 Å². The summed E-state index contributed by atoms with van der Waals surface area (Å²) >= 11 is 0. The maximum atomic E-state index is 12.8. The number of carbonyl (C=O) groups is 1. The number of rotatable bonds is 7. The molecule has 0 saturated carbocycles. The lowest BCUT2D eigenvalue weighted by Crippen LogP contribution is -2.31. The highest BCUT2D eigenvalue weighted by Gasteiger charge is 2.18. The molecule has 4 rings (SSSR count). The summed E-state index contributed by atoms with van der Waals surface area (Å²) < 4.78 is 0. The van der Waals surface area contributed by atoms with Crippen molar-refractivity contribution in [1.29, 1.82) is 0 Å². The summed E-state index contributed by atoms with van der Waals surface area (Å²) in [7, 11) is 0. The van der Waals surface area contributed by atoms with Crippen molar-refractivity contribution in [3.63, 3.8) is 0 Å². The minimum atomic E-state index is -0.161. The molecule has 0 spiro atoms. The molecule has 6 nitrogen and oxygen atoms in total. The van der Waals surface area contributed by atoms with Crippen LogP contribution in [0.25, 0.3) is 0 Å². The van der Waals surface area contributed by atoms with E-state index >= 15 is 0 Å². The highest BCUT2D eigenvalue weighted by Crippen LogP contribution is 2.24. The molecule has 3 aromatic rings. The number of hydrogen-bond acceptors (Lipinski definition) is 5. The van der Waals surface area contributed by atoms with E-state index in [-0.39, 0.29) is 11.8 Å². The zero-order chi connectivity index (χ0) is 22.3. The first kappa shape index (κ1) is 21.8. The molecule has 1 aliphatic heterocycles. The van der Waals surface area contributed by atoms with Crippen LogP contribution in [0.1, 0.15) is 49.8 Å². The van der Waals surface area contributed by atoms with E-state index in [1.165, 1.54) is 19.3 Å². The molecule has 2 aromatic carbocycles. The van der Waals surface area contributed by atoms with Crippen LogP contribution in [-0.4, -0.2) is 29.0 Å². The van der Waals surface area contributed by atoms with Gasteiger partial charge in [0.15, 0.2) is 0 Å². The molecule has 6 heteroatoms. The molecule has 0 bridgehead atoms. The van der Waals surface area contributed by atoms with Crippen LogP contribution in [0, 0.1) is 6.92 Å². The third-order valence-corrected chi connectivity index (χ3v) is 5.83. The number of nitrogens with one attached hydrogen (secondary N) is 2. The summed E-state index contributed by atoms with van der Waals surface area (Å²) in [4.78, 5) is 24.4. The van der Waals surface area contributed by atoms with Crippen LogP contribution in [0.5, 0.6) is 0 Å². The van der Waals surface area contributed by atoms with E-state index in [9.17, 15) is 4.79 Å². The van der Waals surface area contributed by atoms with Crippen LogP contribution in [0.15, 0.2) is 60.7 Å². The molecular weight excluding hydrogens is 398 g/mol. The highest BCUT2D eigenvalue weighted by atomic mass is 16.1. The van der Waals surface area contributed by atoms with Gasteiger partial charge in [0, 0.05) is 36.2 Å². The molecule has 0 aliphatic carbocycles. The SMILES string of the molecule is CCC(C(=O)Nc1ccc(Nc2cc(C)nc(N3CCCCC3)n2)cc1)c1ccccc1. The van der Waals surface area contributed by atoms with Gasteiger partial charge in [-0.05, 0) is 62.4 Å². The van der Waals surface area contributed by atoms with Gasteiger partial charge < -0.3 is 15.5 Å². The van der Waals surface area contributed by atoms with Gasteiger partial charge in [0.1, 0.15) is 5.82 Å². The van der Waals surface area contributed by atoms with Crippen molar-refractivity contribution in [2.24, 2.45) is 0 Å². The first-order valence-electron chi connectivity index (χ1n) is 11.5. The quantitative estimate of drug-likeness (QED) is 0.508. The third-order valence-electron chi connectivity index (χ3n) is 5.83. The number of aromatic nitrogens is 2. The normalized spacial score (nSPS) is 14.6. The predicted octanol–water partition coefficient (Wildman–Crippen LogP) is 5.65. The monoisotopic (exact) mass is 429 g/mol. The molecule has 2 heterocycles. The molecular formula is C26H31N5O. The molecule has 1 aliphatic rings. The van der Waals surface area contributed by atoms with Gasteiger partial charge in [0.25, 0.3) is 0 Å². The Bertz CT molecular complexity index is 1030. The fourth-order valence-electron chi connectivity index (χ4n) is 4.12. The fourth-order valence-corrected chi connectivity index (χ4v) is 4.12. The number of piperidine rings is 1. The Labute approximate surface area is 190 Å². The van der Waals surface area contributed by atoms with Crippen LogP contribution in [0.3, 0.4) is 0 Å². The number of hydrogen-bond donors (Lipinski definition) is 2. The van der Waals surface area contributed by atoms with E-state index in [2.05, 4.69) is 20.5 Å². The topological polar surface area (TPSA) is 70.2 Å². The van der Waals surface area contributed by atoms with Gasteiger partial charge in [0.2, 0.25) is 11.9 Å². The van der Waals surface area contributed by atoms with E-state index in [0.717, 1.165) is 53.9 Å². The van der Waals surface area contributed by atoms with Crippen molar-refractivity contribution in [2.45, 2.75) is 45.4 Å². The Morgan fingerprint density at radius 3 is 2.34 bits per heavy atom. The van der Waals surface area contributed by atoms with Crippen LogP contribution >= 0.6 is 0 Å². The van der Waals surface area contributed by atoms with E-state index in [4.69, 9.17) is 4.98 Å². The number of benzene rings is 2. The minimum absolute atomic E-state index is 0.0111. The summed E-state index contributed by atoms with van der Waals surface area (Å²) in [5.74, 6) is 1.43. The Morgan fingerprint density at radius 2 is 1.66 bits per heavy atom. The fraction of sp³-hybridized carbons (Fsp3) is 0.346. The smallest absolute Gasteiger partial charge is 0.231 e. The van der Waals surface area contributed by atoms with Gasteiger partial charge >= 0.3 is 0 Å². The van der Waals surface area contributed by atoms with E-state index in [0.29, 0.717) is 0 Å². The maximum absolute atomic E-state index is 12.8. The summed E-state index contributed by atoms with van der Waals surface area (Å²) in [6, 6.07) is 19.6. The van der Waals surface area contributed by atoms with Gasteiger partial charge in [0.05, 0.1) is 5.92 Å². The van der Waals surface area contributed by atoms with Crippen molar-refractivity contribution < 1.29 is 4.79 Å². The van der Waals surface area contributed by atoms with E-state index in [1.807, 2.05) is 74.5 Å². The Morgan fingerprint density at radius 1 is 0.969 bits per heavy atom. The van der Waals surface area contributed by atoms with Gasteiger partial charge in [-0.25, -0.2) is 4.98 Å². The van der Waals surface area contributed by atoms with Gasteiger partial charge in [-0.15, -0.1) is 0 Å². The van der Waals surface area contributed by atoms with Gasteiger partial charge in [-0.3, -0.25) is 4.79 Å². The number of amides is 1. The Balaban J connectivity index is 1.42. The van der Waals surface area contributed by atoms with E-state index < -0.39 is 0 Å². The molecule has 1 fully saturated rings. The van der Waals surface area contributed by atoms with Crippen LogP contribution in [0.2, 0.25) is 0 Å². The number of aryl methyl sites for hydroxylation is 1. The van der Waals surface area contributed by atoms with Gasteiger partial charge in [-0.2, -0.15) is 4.98 Å². The molecule has 1 aromatic heterocycles. The summed E-state index contributed by atoms with van der Waals surface area (Å²) in [5.41, 5.74) is 3.68. The standard InChI is InChI=1S/C26H31N5O/c1-3-23(20-10-6-4-7-11-20)25(32)29-22-14-12-21(13-15-22)28-24-18-19(2)27-26(30-24)31-16-8-5-9-17-31/h4,6-7,10-15,18,23H,3,5,8-9,16-17H2,1-2H3,(H,29,32)(H,27,28,30). The largest absolute Gasteiger partial charge is 0.341 e. The second-order valence-electron chi connectivity index (χ2n) is 8.31. The number of anilines is 4. The molecule has 1 amide bonds. The lowest BCUT2D eigenvalue weighted by Gasteiger charge is -2.27. The maximum Gasteiger partial charge on any atom is 0.231 e. The molecule has 1 atom stereocenters. The Kier molecular flexibility index (Phi) is 7.00. The van der Waals surface area contributed by atoms with Crippen molar-refractivity contribution in [2.75, 3.05) is 28.6 Å².